The summed E-state index contributed by atoms with van der Waals surface area (Å²) < 4.78 is 0. The monoisotopic (exact) mass is 205 g/mol. The molecule has 0 spiro atoms. The quantitative estimate of drug-likeness (QED) is 0.808. The van der Waals surface area contributed by atoms with E-state index in [0.717, 1.165) is 25.9 Å². The lowest BCUT2D eigenvalue weighted by molar-refractivity contribution is 0.160. The highest BCUT2D eigenvalue weighted by atomic mass is 16.3. The molecule has 1 atom stereocenters. The van der Waals surface area contributed by atoms with Crippen molar-refractivity contribution in [3.8, 4) is 0 Å². The summed E-state index contributed by atoms with van der Waals surface area (Å²) in [7, 11) is 0. The molecule has 2 nitrogen and oxygen atoms in total. The minimum absolute atomic E-state index is 0.314. The summed E-state index contributed by atoms with van der Waals surface area (Å²) in [6.07, 6.45) is 3.49. The molecule has 0 aliphatic carbocycles. The molecule has 0 saturated carbocycles. The van der Waals surface area contributed by atoms with Gasteiger partial charge in [0.15, 0.2) is 0 Å². The Labute approximate surface area is 91.5 Å². The Kier molecular flexibility index (Phi) is 3.75. The molecule has 0 bridgehead atoms. The van der Waals surface area contributed by atoms with E-state index in [2.05, 4.69) is 35.2 Å². The lowest BCUT2D eigenvalue weighted by Crippen LogP contribution is -2.33. The van der Waals surface area contributed by atoms with Crippen LogP contribution in [-0.4, -0.2) is 35.7 Å². The summed E-state index contributed by atoms with van der Waals surface area (Å²) in [6, 6.07) is 11.0. The highest BCUT2D eigenvalue weighted by Crippen LogP contribution is 2.16. The Morgan fingerprint density at radius 1 is 1.27 bits per heavy atom. The predicted octanol–water partition coefficient (Wildman–Crippen LogP) is 1.69. The van der Waals surface area contributed by atoms with Crippen molar-refractivity contribution in [2.75, 3.05) is 19.7 Å². The number of nitrogens with zero attached hydrogens (tertiary/aromatic N) is 1. The van der Waals surface area contributed by atoms with Gasteiger partial charge in [0, 0.05) is 12.6 Å². The van der Waals surface area contributed by atoms with E-state index in [1.54, 1.807) is 0 Å². The molecule has 15 heavy (non-hydrogen) atoms. The van der Waals surface area contributed by atoms with Crippen molar-refractivity contribution in [3.63, 3.8) is 0 Å². The molecule has 0 aromatic heterocycles. The first-order valence-electron chi connectivity index (χ1n) is 5.79. The standard InChI is InChI=1S/C13H19NO/c15-11-13-7-4-9-14(13)10-8-12-5-2-1-3-6-12/h1-3,5-6,13,15H,4,7-11H2/t13-/m1/s1. The second-order valence-corrected chi connectivity index (χ2v) is 4.25. The normalized spacial score (nSPS) is 22.1. The Morgan fingerprint density at radius 3 is 2.80 bits per heavy atom. The lowest BCUT2D eigenvalue weighted by atomic mass is 10.1. The van der Waals surface area contributed by atoms with Crippen LogP contribution in [0.1, 0.15) is 18.4 Å². The summed E-state index contributed by atoms with van der Waals surface area (Å²) in [5.41, 5.74) is 1.39. The van der Waals surface area contributed by atoms with Crippen molar-refractivity contribution < 1.29 is 5.11 Å². The van der Waals surface area contributed by atoms with E-state index in [9.17, 15) is 5.11 Å². The fourth-order valence-corrected chi connectivity index (χ4v) is 2.31. The smallest absolute Gasteiger partial charge is 0.0586 e. The van der Waals surface area contributed by atoms with Crippen molar-refractivity contribution in [1.29, 1.82) is 0 Å². The first-order chi connectivity index (χ1) is 7.40. The predicted molar refractivity (Wildman–Crippen MR) is 61.8 cm³/mol. The molecule has 1 aromatic carbocycles. The van der Waals surface area contributed by atoms with Crippen LogP contribution in [-0.2, 0) is 6.42 Å². The highest BCUT2D eigenvalue weighted by Gasteiger charge is 2.22. The lowest BCUT2D eigenvalue weighted by Gasteiger charge is -2.22. The third-order valence-electron chi connectivity index (χ3n) is 3.24. The fourth-order valence-electron chi connectivity index (χ4n) is 2.31. The van der Waals surface area contributed by atoms with Crippen LogP contribution >= 0.6 is 0 Å². The Morgan fingerprint density at radius 2 is 2.07 bits per heavy atom. The zero-order valence-electron chi connectivity index (χ0n) is 9.10. The SMILES string of the molecule is OC[C@H]1CCCN1CCc1ccccc1. The van der Waals surface area contributed by atoms with Gasteiger partial charge in [-0.1, -0.05) is 30.3 Å². The van der Waals surface area contributed by atoms with Crippen LogP contribution in [0.3, 0.4) is 0 Å². The van der Waals surface area contributed by atoms with E-state index in [4.69, 9.17) is 0 Å². The van der Waals surface area contributed by atoms with Crippen LogP contribution in [0.5, 0.6) is 0 Å². The van der Waals surface area contributed by atoms with Gasteiger partial charge < -0.3 is 5.11 Å². The molecule has 1 aromatic rings. The van der Waals surface area contributed by atoms with Crippen molar-refractivity contribution in [2.24, 2.45) is 0 Å². The van der Waals surface area contributed by atoms with Crippen LogP contribution in [0.4, 0.5) is 0 Å². The summed E-state index contributed by atoms with van der Waals surface area (Å²) in [6.45, 7) is 2.54. The highest BCUT2D eigenvalue weighted by molar-refractivity contribution is 5.14. The fraction of sp³-hybridized carbons (Fsp3) is 0.538. The average Bonchev–Trinajstić information content (AvgIpc) is 2.75. The van der Waals surface area contributed by atoms with E-state index in [-0.39, 0.29) is 0 Å². The minimum Gasteiger partial charge on any atom is -0.395 e. The van der Waals surface area contributed by atoms with Crippen molar-refractivity contribution in [2.45, 2.75) is 25.3 Å². The Bertz CT molecular complexity index is 286. The van der Waals surface area contributed by atoms with Gasteiger partial charge in [-0.05, 0) is 31.4 Å². The van der Waals surface area contributed by atoms with Gasteiger partial charge in [0.05, 0.1) is 6.61 Å². The summed E-state index contributed by atoms with van der Waals surface area (Å²) in [4.78, 5) is 2.41. The van der Waals surface area contributed by atoms with Crippen LogP contribution in [0.25, 0.3) is 0 Å². The Hall–Kier alpha value is -0.860. The molecule has 1 saturated heterocycles. The molecule has 2 rings (SSSR count). The maximum atomic E-state index is 9.19. The molecular formula is C13H19NO. The minimum atomic E-state index is 0.314. The van der Waals surface area contributed by atoms with E-state index >= 15 is 0 Å². The molecular weight excluding hydrogens is 186 g/mol. The van der Waals surface area contributed by atoms with Crippen molar-refractivity contribution >= 4 is 0 Å². The van der Waals surface area contributed by atoms with Gasteiger partial charge in [-0.15, -0.1) is 0 Å². The van der Waals surface area contributed by atoms with Crippen LogP contribution in [0.2, 0.25) is 0 Å². The molecule has 1 heterocycles. The molecule has 0 radical (unpaired) electrons. The molecule has 1 N–H and O–H groups in total. The zero-order valence-corrected chi connectivity index (χ0v) is 9.10. The van der Waals surface area contributed by atoms with Crippen molar-refractivity contribution in [3.05, 3.63) is 35.9 Å². The van der Waals surface area contributed by atoms with E-state index in [0.29, 0.717) is 12.6 Å². The number of likely N-dealkylation sites (tertiary alicyclic amines) is 1. The molecule has 2 heteroatoms. The topological polar surface area (TPSA) is 23.5 Å². The van der Waals surface area contributed by atoms with Gasteiger partial charge in [0.25, 0.3) is 0 Å². The van der Waals surface area contributed by atoms with E-state index < -0.39 is 0 Å². The average molecular weight is 205 g/mol. The molecule has 82 valence electrons. The van der Waals surface area contributed by atoms with Gasteiger partial charge in [-0.3, -0.25) is 4.90 Å². The molecule has 0 amide bonds. The largest absolute Gasteiger partial charge is 0.395 e. The molecule has 1 fully saturated rings. The number of hydrogen-bond acceptors (Lipinski definition) is 2. The van der Waals surface area contributed by atoms with Crippen molar-refractivity contribution in [1.82, 2.24) is 4.90 Å². The van der Waals surface area contributed by atoms with Gasteiger partial charge in [0.2, 0.25) is 0 Å². The number of aliphatic hydroxyl groups is 1. The second kappa shape index (κ2) is 5.29. The van der Waals surface area contributed by atoms with E-state index in [1.165, 1.54) is 12.0 Å². The molecule has 1 aliphatic heterocycles. The number of rotatable bonds is 4. The third-order valence-corrected chi connectivity index (χ3v) is 3.24. The van der Waals surface area contributed by atoms with Crippen LogP contribution in [0.15, 0.2) is 30.3 Å². The summed E-state index contributed by atoms with van der Waals surface area (Å²) in [5.74, 6) is 0. The van der Waals surface area contributed by atoms with Crippen LogP contribution in [0, 0.1) is 0 Å². The summed E-state index contributed by atoms with van der Waals surface area (Å²) >= 11 is 0. The van der Waals surface area contributed by atoms with Gasteiger partial charge in [-0.25, -0.2) is 0 Å². The summed E-state index contributed by atoms with van der Waals surface area (Å²) in [5, 5.41) is 9.19. The van der Waals surface area contributed by atoms with Crippen LogP contribution < -0.4 is 0 Å². The first-order valence-corrected chi connectivity index (χ1v) is 5.79. The first kappa shape index (κ1) is 10.7. The number of benzene rings is 1. The van der Waals surface area contributed by atoms with Gasteiger partial charge >= 0.3 is 0 Å². The molecule has 0 unspecified atom stereocenters. The molecule has 1 aliphatic rings. The maximum Gasteiger partial charge on any atom is 0.0586 e. The zero-order chi connectivity index (χ0) is 10.5. The number of hydrogen-bond donors (Lipinski definition) is 1. The van der Waals surface area contributed by atoms with Gasteiger partial charge in [-0.2, -0.15) is 0 Å². The van der Waals surface area contributed by atoms with E-state index in [1.807, 2.05) is 0 Å². The van der Waals surface area contributed by atoms with Gasteiger partial charge in [0.1, 0.15) is 0 Å². The maximum absolute atomic E-state index is 9.19. The third kappa shape index (κ3) is 2.80. The second-order valence-electron chi connectivity index (χ2n) is 4.25. The number of aliphatic hydroxyl groups excluding tert-OH is 1. The Balaban J connectivity index is 1.83.